The molecule has 0 fully saturated rings. The van der Waals surface area contributed by atoms with Crippen molar-refractivity contribution in [2.45, 2.75) is 39.5 Å². The van der Waals surface area contributed by atoms with Crippen LogP contribution in [0.25, 0.3) is 0 Å². The monoisotopic (exact) mass is 313 g/mol. The summed E-state index contributed by atoms with van der Waals surface area (Å²) in [5, 5.41) is 0. The van der Waals surface area contributed by atoms with Crippen molar-refractivity contribution in [1.29, 1.82) is 0 Å². The second kappa shape index (κ2) is 4.96. The summed E-state index contributed by atoms with van der Waals surface area (Å²) < 4.78 is 4.99. The predicted molar refractivity (Wildman–Crippen MR) is 99.8 cm³/mol. The van der Waals surface area contributed by atoms with Gasteiger partial charge in [0.1, 0.15) is 5.70 Å². The third-order valence-corrected chi connectivity index (χ3v) is 5.50. The normalized spacial score (nSPS) is 21.0. The minimum absolute atomic E-state index is 1.12. The Bertz CT molecular complexity index is 939. The number of amidine groups is 2. The first-order chi connectivity index (χ1) is 11.8. The lowest BCUT2D eigenvalue weighted by molar-refractivity contribution is 0.680. The first kappa shape index (κ1) is 13.8. The van der Waals surface area contributed by atoms with Gasteiger partial charge in [-0.3, -0.25) is 0 Å². The molecule has 24 heavy (non-hydrogen) atoms. The summed E-state index contributed by atoms with van der Waals surface area (Å²) in [5.74, 6) is 2.26. The van der Waals surface area contributed by atoms with Gasteiger partial charge in [0, 0.05) is 0 Å². The Balaban J connectivity index is 1.76. The summed E-state index contributed by atoms with van der Waals surface area (Å²) in [5.41, 5.74) is 9.67. The largest absolute Gasteiger partial charge is 0.332 e. The molecule has 2 aliphatic heterocycles. The van der Waals surface area contributed by atoms with Gasteiger partial charge in [-0.25, -0.2) is 4.67 Å². The van der Waals surface area contributed by atoms with Crippen LogP contribution in [0.3, 0.4) is 0 Å². The molecule has 0 saturated heterocycles. The van der Waals surface area contributed by atoms with Gasteiger partial charge in [-0.15, -0.1) is 0 Å². The van der Waals surface area contributed by atoms with E-state index in [-0.39, 0.29) is 0 Å². The van der Waals surface area contributed by atoms with Crippen molar-refractivity contribution in [2.24, 2.45) is 0 Å². The van der Waals surface area contributed by atoms with Crippen molar-refractivity contribution in [1.82, 2.24) is 9.57 Å². The van der Waals surface area contributed by atoms with E-state index in [0.29, 0.717) is 0 Å². The fourth-order valence-corrected chi connectivity index (χ4v) is 4.35. The molecule has 2 aliphatic carbocycles. The van der Waals surface area contributed by atoms with E-state index in [0.717, 1.165) is 37.4 Å². The first-order valence-electron chi connectivity index (χ1n) is 8.88. The maximum absolute atomic E-state index is 4.99. The zero-order valence-electron chi connectivity index (χ0n) is 14.3. The molecule has 0 N–H and O–H groups in total. The molecule has 5 rings (SSSR count). The van der Waals surface area contributed by atoms with E-state index in [1.54, 1.807) is 5.57 Å². The van der Waals surface area contributed by atoms with Crippen LogP contribution in [0.1, 0.15) is 42.4 Å². The van der Waals surface area contributed by atoms with E-state index in [1.807, 2.05) is 0 Å². The number of nitrogens with zero attached hydrogens (tertiary/aromatic N) is 2. The van der Waals surface area contributed by atoms with Crippen LogP contribution in [0.4, 0.5) is 0 Å². The first-order valence-corrected chi connectivity index (χ1v) is 8.88. The second-order valence-corrected chi connectivity index (χ2v) is 7.00. The van der Waals surface area contributed by atoms with Crippen molar-refractivity contribution in [3.8, 4) is 0 Å². The van der Waals surface area contributed by atoms with Gasteiger partial charge < -0.3 is 0 Å². The van der Waals surface area contributed by atoms with E-state index in [1.165, 1.54) is 33.5 Å². The van der Waals surface area contributed by atoms with Crippen LogP contribution >= 0.6 is 0 Å². The highest BCUT2D eigenvalue weighted by Gasteiger charge is 2.46. The predicted octanol–water partition coefficient (Wildman–Crippen LogP) is 4.10. The molecule has 4 aliphatic rings. The van der Waals surface area contributed by atoms with E-state index in [9.17, 15) is 0 Å². The number of hydrogen-bond donors (Lipinski definition) is 0. The minimum atomic E-state index is 1.12. The highest BCUT2D eigenvalue weighted by Crippen LogP contribution is 2.41. The molecule has 0 unspecified atom stereocenters. The van der Waals surface area contributed by atoms with E-state index in [2.05, 4.69) is 61.3 Å². The molecule has 1 aromatic rings. The highest BCUT2D eigenvalue weighted by atomic mass is 15.3. The maximum Gasteiger partial charge on any atom is 0.332 e. The van der Waals surface area contributed by atoms with Gasteiger partial charge in [-0.05, 0) is 67.9 Å². The smallest absolute Gasteiger partial charge is 0.229 e. The number of rotatable bonds is 1. The van der Waals surface area contributed by atoms with Gasteiger partial charge in [0.2, 0.25) is 0 Å². The maximum atomic E-state index is 4.99. The Labute approximate surface area is 142 Å². The average Bonchev–Trinajstić information content (AvgIpc) is 2.57. The zero-order chi connectivity index (χ0) is 16.3. The lowest BCUT2D eigenvalue weighted by atomic mass is 9.81. The molecule has 2 nitrogen and oxygen atoms in total. The SMILES string of the molecule is Cc1cccc(C)c1C1=[N+]=C2C3=C(CCC=C3)C3=C(C=CCC3)N21. The summed E-state index contributed by atoms with van der Waals surface area (Å²) in [6.07, 6.45) is 13.8. The Morgan fingerprint density at radius 3 is 2.38 bits per heavy atom. The number of aryl methyl sites for hydroxylation is 2. The van der Waals surface area contributed by atoms with Gasteiger partial charge >= 0.3 is 11.7 Å². The lowest BCUT2D eigenvalue weighted by Gasteiger charge is -2.35. The molecule has 2 heterocycles. The molecule has 0 amide bonds. The molecular weight excluding hydrogens is 292 g/mol. The summed E-state index contributed by atoms with van der Waals surface area (Å²) in [6.45, 7) is 4.37. The Morgan fingerprint density at radius 2 is 1.58 bits per heavy atom. The standard InChI is InChI=1S/C22H21N2/c1-14-8-7-9-15(2)20(14)22-23-21-18-12-4-3-10-16(18)17-11-5-6-13-19(17)24(21)22/h4,6-9,12-13H,3,5,10-11H2,1-2H3/q+1. The van der Waals surface area contributed by atoms with Gasteiger partial charge in [0.25, 0.3) is 0 Å². The quantitative estimate of drug-likeness (QED) is 0.714. The summed E-state index contributed by atoms with van der Waals surface area (Å²) in [4.78, 5) is 2.40. The molecule has 0 aromatic heterocycles. The number of fused-ring (bicyclic) bond motifs is 4. The Kier molecular flexibility index (Phi) is 2.86. The molecular formula is C22H21N2+. The van der Waals surface area contributed by atoms with Gasteiger partial charge in [0.05, 0.1) is 11.1 Å². The number of allylic oxidation sites excluding steroid dienone is 5. The van der Waals surface area contributed by atoms with Crippen LogP contribution in [0.15, 0.2) is 64.9 Å². The molecule has 0 saturated carbocycles. The highest BCUT2D eigenvalue weighted by molar-refractivity contribution is 6.25. The fourth-order valence-electron chi connectivity index (χ4n) is 4.35. The second-order valence-electron chi connectivity index (χ2n) is 7.00. The van der Waals surface area contributed by atoms with Crippen LogP contribution in [0.2, 0.25) is 0 Å². The number of hydrogen-bond acceptors (Lipinski definition) is 1. The topological polar surface area (TPSA) is 17.3 Å². The van der Waals surface area contributed by atoms with Crippen LogP contribution < -0.4 is 4.67 Å². The van der Waals surface area contributed by atoms with Gasteiger partial charge in [0.15, 0.2) is 0 Å². The van der Waals surface area contributed by atoms with E-state index < -0.39 is 0 Å². The third-order valence-electron chi connectivity index (χ3n) is 5.50. The van der Waals surface area contributed by atoms with Crippen molar-refractivity contribution < 1.29 is 0 Å². The van der Waals surface area contributed by atoms with Gasteiger partial charge in [-0.1, -0.05) is 36.4 Å². The Hall–Kier alpha value is -2.57. The summed E-state index contributed by atoms with van der Waals surface area (Å²) in [7, 11) is 0. The van der Waals surface area contributed by atoms with E-state index in [4.69, 9.17) is 4.67 Å². The van der Waals surface area contributed by atoms with Crippen molar-refractivity contribution in [3.63, 3.8) is 0 Å². The average molecular weight is 313 g/mol. The number of benzene rings is 1. The van der Waals surface area contributed by atoms with Crippen molar-refractivity contribution >= 4 is 11.7 Å². The molecule has 1 aromatic carbocycles. The molecule has 0 bridgehead atoms. The van der Waals surface area contributed by atoms with E-state index >= 15 is 0 Å². The molecule has 0 atom stereocenters. The lowest BCUT2D eigenvalue weighted by Crippen LogP contribution is -2.51. The molecule has 118 valence electrons. The third kappa shape index (κ3) is 1.75. The van der Waals surface area contributed by atoms with Crippen LogP contribution in [-0.2, 0) is 0 Å². The van der Waals surface area contributed by atoms with Crippen LogP contribution in [-0.4, -0.2) is 16.6 Å². The van der Waals surface area contributed by atoms with Gasteiger partial charge in [-0.2, -0.15) is 4.90 Å². The fraction of sp³-hybridized carbons (Fsp3) is 0.273. The molecule has 2 heteroatoms. The minimum Gasteiger partial charge on any atom is -0.229 e. The zero-order valence-corrected chi connectivity index (χ0v) is 14.3. The summed E-state index contributed by atoms with van der Waals surface area (Å²) in [6, 6.07) is 6.50. The molecule has 0 spiro atoms. The Morgan fingerprint density at radius 1 is 0.875 bits per heavy atom. The van der Waals surface area contributed by atoms with Crippen LogP contribution in [0.5, 0.6) is 0 Å². The van der Waals surface area contributed by atoms with Crippen LogP contribution in [0, 0.1) is 13.8 Å². The van der Waals surface area contributed by atoms with Crippen molar-refractivity contribution in [3.05, 3.63) is 81.6 Å². The summed E-state index contributed by atoms with van der Waals surface area (Å²) >= 11 is 0. The molecule has 0 radical (unpaired) electrons. The van der Waals surface area contributed by atoms with Crippen molar-refractivity contribution in [2.75, 3.05) is 0 Å².